The van der Waals surface area contributed by atoms with Crippen molar-refractivity contribution in [2.75, 3.05) is 13.1 Å². The predicted molar refractivity (Wildman–Crippen MR) is 59.2 cm³/mol. The van der Waals surface area contributed by atoms with Gasteiger partial charge in [0.05, 0.1) is 12.2 Å². The summed E-state index contributed by atoms with van der Waals surface area (Å²) >= 11 is 0. The van der Waals surface area contributed by atoms with Crippen molar-refractivity contribution >= 4 is 11.9 Å². The number of aromatic nitrogens is 2. The molecule has 1 amide bonds. The molecular weight excluding hydrogens is 222 g/mol. The quantitative estimate of drug-likeness (QED) is 0.794. The first-order chi connectivity index (χ1) is 8.16. The van der Waals surface area contributed by atoms with E-state index in [1.807, 2.05) is 10.8 Å². The number of carbonyl (C=O) groups is 2. The summed E-state index contributed by atoms with van der Waals surface area (Å²) < 4.78 is 1.94. The number of rotatable bonds is 5. The minimum absolute atomic E-state index is 0.0527. The first kappa shape index (κ1) is 11.6. The Labute approximate surface area is 98.9 Å². The molecule has 1 aliphatic heterocycles. The summed E-state index contributed by atoms with van der Waals surface area (Å²) in [5.41, 5.74) is 0. The fraction of sp³-hybridized carbons (Fsp3) is 0.545. The highest BCUT2D eigenvalue weighted by Gasteiger charge is 2.33. The van der Waals surface area contributed by atoms with Crippen LogP contribution in [0, 0.1) is 5.92 Å². The predicted octanol–water partition coefficient (Wildman–Crippen LogP) is 0.206. The number of carboxylic acid groups (broad SMARTS) is 1. The number of nitrogens with zero attached hydrogens (tertiary/aromatic N) is 3. The average molecular weight is 237 g/mol. The van der Waals surface area contributed by atoms with Gasteiger partial charge < -0.3 is 14.6 Å². The highest BCUT2D eigenvalue weighted by Crippen LogP contribution is 2.18. The number of aryl methyl sites for hydroxylation is 1. The third kappa shape index (κ3) is 2.83. The first-order valence-electron chi connectivity index (χ1n) is 5.63. The topological polar surface area (TPSA) is 75.4 Å². The highest BCUT2D eigenvalue weighted by atomic mass is 16.4. The second-order valence-corrected chi connectivity index (χ2v) is 4.23. The Hall–Kier alpha value is -1.85. The Morgan fingerprint density at radius 1 is 1.53 bits per heavy atom. The van der Waals surface area contributed by atoms with E-state index < -0.39 is 11.9 Å². The summed E-state index contributed by atoms with van der Waals surface area (Å²) in [5.74, 6) is -1.46. The van der Waals surface area contributed by atoms with E-state index in [-0.39, 0.29) is 12.3 Å². The van der Waals surface area contributed by atoms with Crippen LogP contribution in [-0.4, -0.2) is 44.5 Å². The molecule has 6 heteroatoms. The van der Waals surface area contributed by atoms with Crippen molar-refractivity contribution in [2.24, 2.45) is 5.92 Å². The molecule has 1 aliphatic rings. The molecule has 1 fully saturated rings. The lowest BCUT2D eigenvalue weighted by molar-refractivity contribution is -0.141. The van der Waals surface area contributed by atoms with Crippen molar-refractivity contribution in [3.8, 4) is 0 Å². The van der Waals surface area contributed by atoms with E-state index in [0.717, 1.165) is 13.0 Å². The lowest BCUT2D eigenvalue weighted by atomic mass is 10.1. The maximum absolute atomic E-state index is 11.5. The molecule has 0 aromatic carbocycles. The van der Waals surface area contributed by atoms with Crippen LogP contribution in [0.4, 0.5) is 0 Å². The van der Waals surface area contributed by atoms with Gasteiger partial charge in [0.15, 0.2) is 0 Å². The van der Waals surface area contributed by atoms with Gasteiger partial charge in [-0.2, -0.15) is 0 Å². The summed E-state index contributed by atoms with van der Waals surface area (Å²) in [6.07, 6.45) is 6.26. The molecule has 0 radical (unpaired) electrons. The van der Waals surface area contributed by atoms with E-state index in [9.17, 15) is 9.59 Å². The van der Waals surface area contributed by atoms with Gasteiger partial charge in [-0.25, -0.2) is 4.98 Å². The summed E-state index contributed by atoms with van der Waals surface area (Å²) in [4.78, 5) is 27.8. The Balaban J connectivity index is 1.76. The van der Waals surface area contributed by atoms with Gasteiger partial charge in [0.25, 0.3) is 0 Å². The van der Waals surface area contributed by atoms with Crippen molar-refractivity contribution in [3.05, 3.63) is 18.7 Å². The molecule has 2 rings (SSSR count). The first-order valence-corrected chi connectivity index (χ1v) is 5.63. The molecule has 1 saturated heterocycles. The van der Waals surface area contributed by atoms with Crippen LogP contribution in [0.1, 0.15) is 12.8 Å². The van der Waals surface area contributed by atoms with Crippen molar-refractivity contribution in [1.82, 2.24) is 14.5 Å². The Morgan fingerprint density at radius 2 is 2.35 bits per heavy atom. The summed E-state index contributed by atoms with van der Waals surface area (Å²) in [6.45, 7) is 1.75. The Bertz CT molecular complexity index is 402. The van der Waals surface area contributed by atoms with Crippen LogP contribution >= 0.6 is 0 Å². The molecule has 0 bridgehead atoms. The molecule has 92 valence electrons. The van der Waals surface area contributed by atoms with Crippen LogP contribution < -0.4 is 0 Å². The zero-order valence-corrected chi connectivity index (χ0v) is 9.45. The third-order valence-corrected chi connectivity index (χ3v) is 2.97. The molecule has 6 nitrogen and oxygen atoms in total. The molecule has 17 heavy (non-hydrogen) atoms. The van der Waals surface area contributed by atoms with Crippen molar-refractivity contribution in [1.29, 1.82) is 0 Å². The van der Waals surface area contributed by atoms with Crippen molar-refractivity contribution in [2.45, 2.75) is 19.4 Å². The van der Waals surface area contributed by atoms with E-state index in [1.54, 1.807) is 17.4 Å². The number of carboxylic acids is 1. The van der Waals surface area contributed by atoms with Gasteiger partial charge in [-0.1, -0.05) is 0 Å². The van der Waals surface area contributed by atoms with Crippen LogP contribution in [0.3, 0.4) is 0 Å². The zero-order chi connectivity index (χ0) is 12.3. The number of likely N-dealkylation sites (tertiary alicyclic amines) is 1. The maximum Gasteiger partial charge on any atom is 0.308 e. The Morgan fingerprint density at radius 3 is 2.94 bits per heavy atom. The van der Waals surface area contributed by atoms with Gasteiger partial charge in [-0.15, -0.1) is 0 Å². The molecule has 1 atom stereocenters. The number of hydrogen-bond acceptors (Lipinski definition) is 3. The summed E-state index contributed by atoms with van der Waals surface area (Å²) in [5, 5.41) is 8.83. The van der Waals surface area contributed by atoms with E-state index in [2.05, 4.69) is 4.98 Å². The molecule has 1 aromatic heterocycles. The van der Waals surface area contributed by atoms with Crippen LogP contribution in [0.25, 0.3) is 0 Å². The number of aliphatic carboxylic acids is 1. The molecule has 2 heterocycles. The molecule has 1 N–H and O–H groups in total. The lowest BCUT2D eigenvalue weighted by Crippen LogP contribution is -2.28. The van der Waals surface area contributed by atoms with Crippen molar-refractivity contribution in [3.63, 3.8) is 0 Å². The Kier molecular flexibility index (Phi) is 3.41. The SMILES string of the molecule is O=C(O)[C@H]1CC(=O)N(CCCn2ccnc2)C1. The van der Waals surface area contributed by atoms with Gasteiger partial charge >= 0.3 is 5.97 Å². The number of amides is 1. The molecular formula is C11H15N3O3. The minimum Gasteiger partial charge on any atom is -0.481 e. The van der Waals surface area contributed by atoms with Crippen molar-refractivity contribution < 1.29 is 14.7 Å². The maximum atomic E-state index is 11.5. The fourth-order valence-electron chi connectivity index (χ4n) is 2.02. The van der Waals surface area contributed by atoms with Crippen LogP contribution in [0.5, 0.6) is 0 Å². The lowest BCUT2D eigenvalue weighted by Gasteiger charge is -2.15. The van der Waals surface area contributed by atoms with E-state index >= 15 is 0 Å². The van der Waals surface area contributed by atoms with E-state index in [1.165, 1.54) is 0 Å². The third-order valence-electron chi connectivity index (χ3n) is 2.97. The second-order valence-electron chi connectivity index (χ2n) is 4.23. The zero-order valence-electron chi connectivity index (χ0n) is 9.45. The highest BCUT2D eigenvalue weighted by molar-refractivity contribution is 5.86. The number of carbonyl (C=O) groups excluding carboxylic acids is 1. The van der Waals surface area contributed by atoms with Gasteiger partial charge in [0, 0.05) is 38.4 Å². The normalized spacial score (nSPS) is 19.9. The van der Waals surface area contributed by atoms with Gasteiger partial charge in [0.1, 0.15) is 0 Å². The van der Waals surface area contributed by atoms with Gasteiger partial charge in [-0.05, 0) is 6.42 Å². The van der Waals surface area contributed by atoms with Crippen LogP contribution in [0.2, 0.25) is 0 Å². The number of imidazole rings is 1. The standard InChI is InChI=1S/C11H15N3O3/c15-10-6-9(11(16)17)7-14(10)4-1-3-13-5-2-12-8-13/h2,5,8-9H,1,3-4,6-7H2,(H,16,17)/t9-/m0/s1. The summed E-state index contributed by atoms with van der Waals surface area (Å²) in [6, 6.07) is 0. The van der Waals surface area contributed by atoms with E-state index in [0.29, 0.717) is 13.1 Å². The van der Waals surface area contributed by atoms with E-state index in [4.69, 9.17) is 5.11 Å². The van der Waals surface area contributed by atoms with Gasteiger partial charge in [-0.3, -0.25) is 9.59 Å². The molecule has 1 aromatic rings. The minimum atomic E-state index is -0.879. The second kappa shape index (κ2) is 4.99. The smallest absolute Gasteiger partial charge is 0.308 e. The fourth-order valence-corrected chi connectivity index (χ4v) is 2.02. The molecule has 0 unspecified atom stereocenters. The largest absolute Gasteiger partial charge is 0.481 e. The average Bonchev–Trinajstić information content (AvgIpc) is 2.89. The molecule has 0 saturated carbocycles. The molecule has 0 spiro atoms. The van der Waals surface area contributed by atoms with Gasteiger partial charge in [0.2, 0.25) is 5.91 Å². The van der Waals surface area contributed by atoms with Crippen LogP contribution in [-0.2, 0) is 16.1 Å². The number of hydrogen-bond donors (Lipinski definition) is 1. The monoisotopic (exact) mass is 237 g/mol. The van der Waals surface area contributed by atoms with Crippen LogP contribution in [0.15, 0.2) is 18.7 Å². The molecule has 0 aliphatic carbocycles. The summed E-state index contributed by atoms with van der Waals surface area (Å²) in [7, 11) is 0.